The van der Waals surface area contributed by atoms with E-state index in [-0.39, 0.29) is 10.8 Å². The molecule has 0 aliphatic heterocycles. The number of benzene rings is 1. The van der Waals surface area contributed by atoms with Gasteiger partial charge in [-0.1, -0.05) is 12.1 Å². The molecule has 0 spiro atoms. The van der Waals surface area contributed by atoms with Gasteiger partial charge < -0.3 is 11.5 Å². The normalized spacial score (nSPS) is 14.0. The lowest BCUT2D eigenvalue weighted by Crippen LogP contribution is -2.36. The molecule has 0 unspecified atom stereocenters. The van der Waals surface area contributed by atoms with Crippen molar-refractivity contribution in [3.8, 4) is 11.1 Å². The van der Waals surface area contributed by atoms with Gasteiger partial charge in [0.15, 0.2) is 0 Å². The molecule has 0 saturated carbocycles. The van der Waals surface area contributed by atoms with Gasteiger partial charge in [0, 0.05) is 23.1 Å². The van der Waals surface area contributed by atoms with Crippen LogP contribution in [0, 0.1) is 0 Å². The van der Waals surface area contributed by atoms with Gasteiger partial charge in [0.1, 0.15) is 0 Å². The van der Waals surface area contributed by atoms with E-state index in [1.807, 2.05) is 45.0 Å². The number of hydrogen-bond acceptors (Lipinski definition) is 4. The third-order valence-corrected chi connectivity index (χ3v) is 5.34. The fourth-order valence-corrected chi connectivity index (χ4v) is 3.18. The molecular weight excluding hydrogens is 332 g/mol. The molecule has 0 amide bonds. The van der Waals surface area contributed by atoms with Crippen molar-refractivity contribution >= 4 is 22.4 Å². The van der Waals surface area contributed by atoms with E-state index in [9.17, 15) is 4.21 Å². The highest BCUT2D eigenvalue weighted by Crippen LogP contribution is 2.29. The third kappa shape index (κ3) is 4.90. The van der Waals surface area contributed by atoms with E-state index in [4.69, 9.17) is 11.5 Å². The standard InChI is InChI=1S/C19H26N4OS/c1-5-6-17(23-25(24)19(2,3)4)18-11-13(9-10-22-18)15-8-7-14(20)12-16(15)21/h5,7-12,17,23H,1,6,20-21H2,2-4H3/t17-,25-/m0/s1. The Bertz CT molecular complexity index is 783. The quantitative estimate of drug-likeness (QED) is 0.543. The van der Waals surface area contributed by atoms with Gasteiger partial charge in [0.05, 0.1) is 27.5 Å². The van der Waals surface area contributed by atoms with Crippen LogP contribution in [0.5, 0.6) is 0 Å². The van der Waals surface area contributed by atoms with Gasteiger partial charge in [0.25, 0.3) is 0 Å². The van der Waals surface area contributed by atoms with Crippen LogP contribution in [0.3, 0.4) is 0 Å². The Kier molecular flexibility index (Phi) is 5.98. The number of rotatable bonds is 6. The molecule has 0 fully saturated rings. The molecule has 5 N–H and O–H groups in total. The number of nitrogens with two attached hydrogens (primary N) is 2. The van der Waals surface area contributed by atoms with Crippen LogP contribution in [-0.4, -0.2) is 13.9 Å². The Labute approximate surface area is 152 Å². The third-order valence-electron chi connectivity index (χ3n) is 3.73. The molecule has 0 bridgehead atoms. The molecule has 2 rings (SSSR count). The summed E-state index contributed by atoms with van der Waals surface area (Å²) in [6.45, 7) is 9.59. The van der Waals surface area contributed by atoms with Gasteiger partial charge >= 0.3 is 0 Å². The number of nitrogen functional groups attached to an aromatic ring is 2. The number of anilines is 2. The summed E-state index contributed by atoms with van der Waals surface area (Å²) in [5, 5.41) is 0. The van der Waals surface area contributed by atoms with Crippen LogP contribution in [0.25, 0.3) is 11.1 Å². The van der Waals surface area contributed by atoms with Crippen molar-refractivity contribution in [1.82, 2.24) is 9.71 Å². The fourth-order valence-electron chi connectivity index (χ4n) is 2.35. The summed E-state index contributed by atoms with van der Waals surface area (Å²) in [5.74, 6) is 0. The number of pyridine rings is 1. The number of nitrogens with zero attached hydrogens (tertiary/aromatic N) is 1. The molecule has 2 atom stereocenters. The molecular formula is C19H26N4OS. The number of aromatic nitrogens is 1. The molecule has 0 aliphatic carbocycles. The smallest absolute Gasteiger partial charge is 0.0976 e. The summed E-state index contributed by atoms with van der Waals surface area (Å²) >= 11 is 0. The van der Waals surface area contributed by atoms with Crippen LogP contribution in [-0.2, 0) is 11.0 Å². The molecule has 5 nitrogen and oxygen atoms in total. The zero-order valence-electron chi connectivity index (χ0n) is 15.0. The molecule has 2 aromatic rings. The molecule has 1 heterocycles. The molecule has 134 valence electrons. The molecule has 0 aliphatic rings. The van der Waals surface area contributed by atoms with Gasteiger partial charge in [-0.3, -0.25) is 4.98 Å². The first kappa shape index (κ1) is 19.1. The van der Waals surface area contributed by atoms with Gasteiger partial charge in [-0.25, -0.2) is 8.93 Å². The van der Waals surface area contributed by atoms with Crippen molar-refractivity contribution in [3.05, 3.63) is 54.9 Å². The maximum absolute atomic E-state index is 12.5. The van der Waals surface area contributed by atoms with E-state index in [0.29, 0.717) is 17.8 Å². The Balaban J connectivity index is 2.36. The van der Waals surface area contributed by atoms with Gasteiger partial charge in [-0.2, -0.15) is 0 Å². The second-order valence-electron chi connectivity index (χ2n) is 6.89. The SMILES string of the molecule is C=CC[C@H](N[S@@](=O)C(C)(C)C)c1cc(-c2ccc(N)cc2N)ccn1. The van der Waals surface area contributed by atoms with E-state index in [1.54, 1.807) is 18.3 Å². The second-order valence-corrected chi connectivity index (χ2v) is 8.89. The van der Waals surface area contributed by atoms with E-state index in [1.165, 1.54) is 0 Å². The van der Waals surface area contributed by atoms with Crippen molar-refractivity contribution in [2.24, 2.45) is 0 Å². The average Bonchev–Trinajstić information content (AvgIpc) is 2.53. The van der Waals surface area contributed by atoms with E-state index in [2.05, 4.69) is 16.3 Å². The Morgan fingerprint density at radius 3 is 2.60 bits per heavy atom. The predicted molar refractivity (Wildman–Crippen MR) is 107 cm³/mol. The minimum Gasteiger partial charge on any atom is -0.399 e. The largest absolute Gasteiger partial charge is 0.399 e. The summed E-state index contributed by atoms with van der Waals surface area (Å²) in [7, 11) is -1.21. The number of hydrogen-bond donors (Lipinski definition) is 3. The van der Waals surface area contributed by atoms with E-state index < -0.39 is 11.0 Å². The van der Waals surface area contributed by atoms with Crippen LogP contribution in [0.1, 0.15) is 38.9 Å². The van der Waals surface area contributed by atoms with Crippen molar-refractivity contribution in [2.45, 2.75) is 38.0 Å². The predicted octanol–water partition coefficient (Wildman–Crippen LogP) is 3.58. The zero-order valence-corrected chi connectivity index (χ0v) is 15.8. The highest BCUT2D eigenvalue weighted by atomic mass is 32.2. The maximum atomic E-state index is 12.5. The highest BCUT2D eigenvalue weighted by Gasteiger charge is 2.24. The van der Waals surface area contributed by atoms with Crippen LogP contribution in [0.2, 0.25) is 0 Å². The first-order valence-corrected chi connectivity index (χ1v) is 9.27. The van der Waals surface area contributed by atoms with E-state index >= 15 is 0 Å². The summed E-state index contributed by atoms with van der Waals surface area (Å²) in [5.41, 5.74) is 15.7. The lowest BCUT2D eigenvalue weighted by atomic mass is 10.0. The van der Waals surface area contributed by atoms with Crippen molar-refractivity contribution < 1.29 is 4.21 Å². The molecule has 0 radical (unpaired) electrons. The maximum Gasteiger partial charge on any atom is 0.0976 e. The first-order valence-electron chi connectivity index (χ1n) is 8.12. The first-order chi connectivity index (χ1) is 11.7. The lowest BCUT2D eigenvalue weighted by Gasteiger charge is -2.23. The summed E-state index contributed by atoms with van der Waals surface area (Å²) < 4.78 is 15.3. The topological polar surface area (TPSA) is 94.0 Å². The van der Waals surface area contributed by atoms with E-state index in [0.717, 1.165) is 16.8 Å². The summed E-state index contributed by atoms with van der Waals surface area (Å²) in [6.07, 6.45) is 4.15. The average molecular weight is 359 g/mol. The minimum atomic E-state index is -1.21. The lowest BCUT2D eigenvalue weighted by molar-refractivity contribution is 0.594. The molecule has 25 heavy (non-hydrogen) atoms. The summed E-state index contributed by atoms with van der Waals surface area (Å²) in [6, 6.07) is 9.13. The molecule has 6 heteroatoms. The van der Waals surface area contributed by atoms with Gasteiger partial charge in [-0.15, -0.1) is 6.58 Å². The highest BCUT2D eigenvalue weighted by molar-refractivity contribution is 7.84. The second kappa shape index (κ2) is 7.80. The Morgan fingerprint density at radius 1 is 1.28 bits per heavy atom. The van der Waals surface area contributed by atoms with Crippen molar-refractivity contribution in [3.63, 3.8) is 0 Å². The van der Waals surface area contributed by atoms with Gasteiger partial charge in [0.2, 0.25) is 0 Å². The van der Waals surface area contributed by atoms with Crippen LogP contribution in [0.4, 0.5) is 11.4 Å². The van der Waals surface area contributed by atoms with Crippen LogP contribution >= 0.6 is 0 Å². The molecule has 1 aromatic heterocycles. The Morgan fingerprint density at radius 2 is 2.00 bits per heavy atom. The molecule has 0 saturated heterocycles. The monoisotopic (exact) mass is 358 g/mol. The summed E-state index contributed by atoms with van der Waals surface area (Å²) in [4.78, 5) is 4.46. The minimum absolute atomic E-state index is 0.187. The van der Waals surface area contributed by atoms with Crippen LogP contribution < -0.4 is 16.2 Å². The van der Waals surface area contributed by atoms with Crippen molar-refractivity contribution in [2.75, 3.05) is 11.5 Å². The fraction of sp³-hybridized carbons (Fsp3) is 0.316. The Hall–Kier alpha value is -2.18. The van der Waals surface area contributed by atoms with Crippen molar-refractivity contribution in [1.29, 1.82) is 0 Å². The van der Waals surface area contributed by atoms with Gasteiger partial charge in [-0.05, 0) is 57.0 Å². The molecule has 1 aromatic carbocycles. The van der Waals surface area contributed by atoms with Crippen LogP contribution in [0.15, 0.2) is 49.2 Å². The number of nitrogens with one attached hydrogen (secondary N) is 1. The zero-order chi connectivity index (χ0) is 18.6.